The van der Waals surface area contributed by atoms with E-state index in [1.807, 2.05) is 4.90 Å². The van der Waals surface area contributed by atoms with Gasteiger partial charge in [0.15, 0.2) is 0 Å². The normalized spacial score (nSPS) is 21.5. The van der Waals surface area contributed by atoms with Gasteiger partial charge >= 0.3 is 12.2 Å². The van der Waals surface area contributed by atoms with Crippen LogP contribution in [0.3, 0.4) is 0 Å². The lowest BCUT2D eigenvalue weighted by molar-refractivity contribution is -0.140. The average Bonchev–Trinajstić information content (AvgIpc) is 2.55. The summed E-state index contributed by atoms with van der Waals surface area (Å²) in [5.41, 5.74) is -1.60. The number of piperazine rings is 2. The number of nitrogens with zero attached hydrogens (tertiary/aromatic N) is 2. The highest BCUT2D eigenvalue weighted by molar-refractivity contribution is 5.90. The van der Waals surface area contributed by atoms with Crippen molar-refractivity contribution in [1.29, 1.82) is 0 Å². The molecular weight excluding hydrogens is 344 g/mol. The molecule has 25 heavy (non-hydrogen) atoms. The third-order valence-corrected chi connectivity index (χ3v) is 4.30. The molecule has 2 aliphatic rings. The van der Waals surface area contributed by atoms with Gasteiger partial charge in [0.2, 0.25) is 5.91 Å². The Labute approximate surface area is 140 Å². The number of alkyl halides is 3. The zero-order chi connectivity index (χ0) is 18.2. The molecule has 0 spiro atoms. The van der Waals surface area contributed by atoms with Gasteiger partial charge in [-0.2, -0.15) is 13.2 Å². The summed E-state index contributed by atoms with van der Waals surface area (Å²) in [6.07, 6.45) is -4.85. The third kappa shape index (κ3) is 3.68. The number of nitrogens with one attached hydrogen (secondary N) is 2. The van der Waals surface area contributed by atoms with Crippen LogP contribution < -0.4 is 10.6 Å². The maximum absolute atomic E-state index is 13.3. The Morgan fingerprint density at radius 2 is 2.00 bits per heavy atom. The molecule has 1 atom stereocenters. The highest BCUT2D eigenvalue weighted by atomic mass is 19.4. The van der Waals surface area contributed by atoms with Gasteiger partial charge in [0, 0.05) is 38.4 Å². The number of fused-ring (bicyclic) bond motifs is 1. The molecule has 6 nitrogen and oxygen atoms in total. The van der Waals surface area contributed by atoms with Gasteiger partial charge in [-0.05, 0) is 18.2 Å². The van der Waals surface area contributed by atoms with Crippen LogP contribution in [0.4, 0.5) is 28.0 Å². The first-order valence-electron chi connectivity index (χ1n) is 7.70. The fourth-order valence-electron chi connectivity index (χ4n) is 2.98. The third-order valence-electron chi connectivity index (χ3n) is 4.30. The Morgan fingerprint density at radius 3 is 2.72 bits per heavy atom. The minimum atomic E-state index is -4.85. The smallest absolute Gasteiger partial charge is 0.353 e. The first-order valence-corrected chi connectivity index (χ1v) is 7.70. The molecule has 1 aromatic carbocycles. The molecule has 2 aliphatic heterocycles. The Balaban J connectivity index is 1.69. The fraction of sp³-hybridized carbons (Fsp3) is 0.467. The van der Waals surface area contributed by atoms with Gasteiger partial charge < -0.3 is 15.5 Å². The Kier molecular flexibility index (Phi) is 4.55. The SMILES string of the molecule is O=C1NCCN2CCN(C(=O)Nc3ccc(F)c(C(F)(F)F)c3)CC12. The predicted octanol–water partition coefficient (Wildman–Crippen LogP) is 1.49. The van der Waals surface area contributed by atoms with Crippen LogP contribution in [0, 0.1) is 5.82 Å². The van der Waals surface area contributed by atoms with Crippen LogP contribution >= 0.6 is 0 Å². The summed E-state index contributed by atoms with van der Waals surface area (Å²) in [6, 6.07) is 1.18. The number of carbonyl (C=O) groups excluding carboxylic acids is 2. The molecule has 3 rings (SSSR count). The molecule has 1 aromatic rings. The summed E-state index contributed by atoms with van der Waals surface area (Å²) >= 11 is 0. The van der Waals surface area contributed by atoms with Crippen LogP contribution in [-0.4, -0.2) is 60.5 Å². The summed E-state index contributed by atoms with van der Waals surface area (Å²) < 4.78 is 51.5. The maximum atomic E-state index is 13.3. The number of amides is 3. The van der Waals surface area contributed by atoms with E-state index in [0.29, 0.717) is 38.3 Å². The largest absolute Gasteiger partial charge is 0.419 e. The number of anilines is 1. The average molecular weight is 360 g/mol. The van der Waals surface area contributed by atoms with E-state index < -0.39 is 29.6 Å². The maximum Gasteiger partial charge on any atom is 0.419 e. The topological polar surface area (TPSA) is 64.7 Å². The number of urea groups is 1. The van der Waals surface area contributed by atoms with Crippen LogP contribution in [0.15, 0.2) is 18.2 Å². The van der Waals surface area contributed by atoms with E-state index in [0.717, 1.165) is 6.07 Å². The van der Waals surface area contributed by atoms with E-state index in [4.69, 9.17) is 0 Å². The molecule has 2 heterocycles. The van der Waals surface area contributed by atoms with E-state index in [1.54, 1.807) is 0 Å². The highest BCUT2D eigenvalue weighted by Crippen LogP contribution is 2.33. The molecule has 0 saturated carbocycles. The highest BCUT2D eigenvalue weighted by Gasteiger charge is 2.37. The van der Waals surface area contributed by atoms with E-state index in [1.165, 1.54) is 4.90 Å². The Hall–Kier alpha value is -2.36. The summed E-state index contributed by atoms with van der Waals surface area (Å²) in [5, 5.41) is 5.05. The van der Waals surface area contributed by atoms with Crippen molar-refractivity contribution < 1.29 is 27.2 Å². The quantitative estimate of drug-likeness (QED) is 0.746. The van der Waals surface area contributed by atoms with Gasteiger partial charge in [0.05, 0.1) is 5.56 Å². The fourth-order valence-corrected chi connectivity index (χ4v) is 2.98. The van der Waals surface area contributed by atoms with Crippen LogP contribution in [0.1, 0.15) is 5.56 Å². The Bertz CT molecular complexity index is 695. The van der Waals surface area contributed by atoms with Gasteiger partial charge in [-0.15, -0.1) is 0 Å². The van der Waals surface area contributed by atoms with Crippen molar-refractivity contribution >= 4 is 17.6 Å². The minimum absolute atomic E-state index is 0.144. The van der Waals surface area contributed by atoms with Crippen LogP contribution in [0.2, 0.25) is 0 Å². The molecule has 1 unspecified atom stereocenters. The standard InChI is InChI=1S/C15H16F4N4O2/c16-11-2-1-9(7-10(11)15(17,18)19)21-14(25)23-6-5-22-4-3-20-13(24)12(22)8-23/h1-2,7,12H,3-6,8H2,(H,20,24)(H,21,25). The second-order valence-electron chi connectivity index (χ2n) is 5.91. The summed E-state index contributed by atoms with van der Waals surface area (Å²) in [7, 11) is 0. The number of hydrogen-bond donors (Lipinski definition) is 2. The van der Waals surface area contributed by atoms with Gasteiger partial charge in [-0.25, -0.2) is 9.18 Å². The second kappa shape index (κ2) is 6.51. The second-order valence-corrected chi connectivity index (χ2v) is 5.91. The first-order chi connectivity index (χ1) is 11.8. The summed E-state index contributed by atoms with van der Waals surface area (Å²) in [6.45, 7) is 2.24. The molecular formula is C15H16F4N4O2. The van der Waals surface area contributed by atoms with Crippen LogP contribution in [-0.2, 0) is 11.0 Å². The number of rotatable bonds is 1. The van der Waals surface area contributed by atoms with Gasteiger partial charge in [-0.1, -0.05) is 0 Å². The lowest BCUT2D eigenvalue weighted by Crippen LogP contribution is -2.64. The van der Waals surface area contributed by atoms with Gasteiger partial charge in [0.1, 0.15) is 11.9 Å². The van der Waals surface area contributed by atoms with Crippen LogP contribution in [0.5, 0.6) is 0 Å². The lowest BCUT2D eigenvalue weighted by Gasteiger charge is -2.42. The van der Waals surface area contributed by atoms with Crippen LogP contribution in [0.25, 0.3) is 0 Å². The molecule has 2 fully saturated rings. The van der Waals surface area contributed by atoms with Crippen molar-refractivity contribution in [3.63, 3.8) is 0 Å². The lowest BCUT2D eigenvalue weighted by atomic mass is 10.1. The van der Waals surface area contributed by atoms with E-state index >= 15 is 0 Å². The molecule has 0 bridgehead atoms. The zero-order valence-electron chi connectivity index (χ0n) is 13.1. The molecule has 10 heteroatoms. The molecule has 136 valence electrons. The van der Waals surface area contributed by atoms with Gasteiger partial charge in [-0.3, -0.25) is 9.69 Å². The minimum Gasteiger partial charge on any atom is -0.353 e. The molecule has 0 aromatic heterocycles. The number of hydrogen-bond acceptors (Lipinski definition) is 3. The van der Waals surface area contributed by atoms with Crippen molar-refractivity contribution in [2.75, 3.05) is 38.0 Å². The molecule has 2 N–H and O–H groups in total. The van der Waals surface area contributed by atoms with Gasteiger partial charge in [0.25, 0.3) is 0 Å². The van der Waals surface area contributed by atoms with E-state index in [9.17, 15) is 27.2 Å². The number of carbonyl (C=O) groups is 2. The number of halogens is 4. The molecule has 0 aliphatic carbocycles. The summed E-state index contributed by atoms with van der Waals surface area (Å²) in [5.74, 6) is -1.58. The zero-order valence-corrected chi connectivity index (χ0v) is 13.1. The predicted molar refractivity (Wildman–Crippen MR) is 80.4 cm³/mol. The molecule has 0 radical (unpaired) electrons. The Morgan fingerprint density at radius 1 is 1.24 bits per heavy atom. The van der Waals surface area contributed by atoms with Crippen molar-refractivity contribution in [3.8, 4) is 0 Å². The summed E-state index contributed by atoms with van der Waals surface area (Å²) in [4.78, 5) is 27.5. The molecule has 3 amide bonds. The van der Waals surface area contributed by atoms with E-state index in [-0.39, 0.29) is 18.1 Å². The number of benzene rings is 1. The van der Waals surface area contributed by atoms with E-state index in [2.05, 4.69) is 10.6 Å². The van der Waals surface area contributed by atoms with Crippen molar-refractivity contribution in [3.05, 3.63) is 29.6 Å². The molecule has 2 saturated heterocycles. The van der Waals surface area contributed by atoms with Crippen molar-refractivity contribution in [1.82, 2.24) is 15.1 Å². The monoisotopic (exact) mass is 360 g/mol. The van der Waals surface area contributed by atoms with Crippen molar-refractivity contribution in [2.45, 2.75) is 12.2 Å². The first kappa shape index (κ1) is 17.5. The van der Waals surface area contributed by atoms with Crippen molar-refractivity contribution in [2.24, 2.45) is 0 Å².